The fourth-order valence-electron chi connectivity index (χ4n) is 1.66. The van der Waals surface area contributed by atoms with E-state index in [2.05, 4.69) is 9.97 Å². The number of aromatic nitrogens is 2. The number of nitrogens with two attached hydrogens (primary N) is 1. The van der Waals surface area contributed by atoms with Crippen LogP contribution in [0, 0.1) is 19.8 Å². The average molecular weight is 291 g/mol. The van der Waals surface area contributed by atoms with Crippen molar-refractivity contribution in [2.75, 3.05) is 12.3 Å². The van der Waals surface area contributed by atoms with Crippen LogP contribution in [0.4, 0.5) is 5.69 Å². The lowest BCUT2D eigenvalue weighted by molar-refractivity contribution is 0.288. The molecule has 0 unspecified atom stereocenters. The van der Waals surface area contributed by atoms with Crippen LogP contribution < -0.4 is 10.5 Å². The van der Waals surface area contributed by atoms with Gasteiger partial charge >= 0.3 is 0 Å². The predicted molar refractivity (Wildman–Crippen MR) is 77.0 cm³/mol. The number of oxazole rings is 1. The maximum atomic E-state index is 5.88. The van der Waals surface area contributed by atoms with Gasteiger partial charge in [0.05, 0.1) is 18.0 Å². The lowest BCUT2D eigenvalue weighted by Crippen LogP contribution is -2.04. The van der Waals surface area contributed by atoms with Crippen LogP contribution in [-0.2, 0) is 0 Å². The van der Waals surface area contributed by atoms with Gasteiger partial charge in [0.2, 0.25) is 5.88 Å². The molecular weight excluding hydrogens is 274 g/mol. The third-order valence-corrected chi connectivity index (χ3v) is 4.00. The Morgan fingerprint density at radius 1 is 1.35 bits per heavy atom. The highest BCUT2D eigenvalue weighted by Gasteiger charge is 2.22. The van der Waals surface area contributed by atoms with Gasteiger partial charge in [0.1, 0.15) is 10.8 Å². The molecular formula is C14H17N3O2S. The molecule has 2 heterocycles. The molecule has 0 aliphatic heterocycles. The minimum atomic E-state index is 0.502. The highest BCUT2D eigenvalue weighted by atomic mass is 32.2. The van der Waals surface area contributed by atoms with Gasteiger partial charge < -0.3 is 14.9 Å². The maximum Gasteiger partial charge on any atom is 0.262 e. The smallest absolute Gasteiger partial charge is 0.262 e. The van der Waals surface area contributed by atoms with Crippen LogP contribution in [0.15, 0.2) is 26.8 Å². The molecule has 2 N–H and O–H groups in total. The first-order valence-corrected chi connectivity index (χ1v) is 7.44. The summed E-state index contributed by atoms with van der Waals surface area (Å²) in [4.78, 5) is 8.75. The Labute approximate surface area is 121 Å². The highest BCUT2D eigenvalue weighted by Crippen LogP contribution is 2.33. The van der Waals surface area contributed by atoms with Crippen molar-refractivity contribution in [2.24, 2.45) is 5.92 Å². The van der Waals surface area contributed by atoms with Gasteiger partial charge in [0, 0.05) is 0 Å². The van der Waals surface area contributed by atoms with Crippen molar-refractivity contribution in [3.05, 3.63) is 23.6 Å². The van der Waals surface area contributed by atoms with Crippen LogP contribution in [0.25, 0.3) is 0 Å². The minimum Gasteiger partial charge on any atom is -0.476 e. The largest absolute Gasteiger partial charge is 0.476 e. The zero-order valence-electron chi connectivity index (χ0n) is 11.5. The molecule has 2 aromatic rings. The predicted octanol–water partition coefficient (Wildman–Crippen LogP) is 3.21. The van der Waals surface area contributed by atoms with E-state index < -0.39 is 0 Å². The Bertz CT molecular complexity index is 603. The number of nitrogen functional groups attached to an aromatic ring is 1. The van der Waals surface area contributed by atoms with E-state index in [9.17, 15) is 0 Å². The second-order valence-electron chi connectivity index (χ2n) is 5.02. The van der Waals surface area contributed by atoms with Crippen molar-refractivity contribution < 1.29 is 9.15 Å². The standard InChI is InChI=1S/C14H17N3O2S/c1-8-9(2)19-14(16-8)20-12-6-5-11(15)13(17-12)18-7-10-3-4-10/h5-6,10H,3-4,7,15H2,1-2H3. The monoisotopic (exact) mass is 291 g/mol. The van der Waals surface area contributed by atoms with Gasteiger partial charge in [-0.2, -0.15) is 0 Å². The van der Waals surface area contributed by atoms with Crippen molar-refractivity contribution in [1.29, 1.82) is 0 Å². The van der Waals surface area contributed by atoms with E-state index in [-0.39, 0.29) is 0 Å². The molecule has 3 rings (SSSR count). The molecule has 0 saturated heterocycles. The lowest BCUT2D eigenvalue weighted by atomic mass is 10.4. The van der Waals surface area contributed by atoms with Gasteiger partial charge in [-0.05, 0) is 56.5 Å². The number of aryl methyl sites for hydroxylation is 2. The summed E-state index contributed by atoms with van der Waals surface area (Å²) < 4.78 is 11.2. The van der Waals surface area contributed by atoms with Gasteiger partial charge in [-0.1, -0.05) is 0 Å². The van der Waals surface area contributed by atoms with Crippen molar-refractivity contribution in [3.8, 4) is 5.88 Å². The number of pyridine rings is 1. The number of hydrogen-bond acceptors (Lipinski definition) is 6. The first kappa shape index (κ1) is 13.3. The quantitative estimate of drug-likeness (QED) is 0.911. The minimum absolute atomic E-state index is 0.502. The third-order valence-electron chi connectivity index (χ3n) is 3.22. The van der Waals surface area contributed by atoms with Crippen molar-refractivity contribution in [1.82, 2.24) is 9.97 Å². The summed E-state index contributed by atoms with van der Waals surface area (Å²) in [7, 11) is 0. The van der Waals surface area contributed by atoms with E-state index in [0.29, 0.717) is 29.3 Å². The van der Waals surface area contributed by atoms with Crippen molar-refractivity contribution in [2.45, 2.75) is 36.9 Å². The molecule has 0 amide bonds. The molecule has 1 fully saturated rings. The average Bonchev–Trinajstić information content (AvgIpc) is 3.18. The van der Waals surface area contributed by atoms with Gasteiger partial charge in [-0.25, -0.2) is 9.97 Å². The molecule has 1 aliphatic rings. The normalized spacial score (nSPS) is 14.5. The molecule has 2 aromatic heterocycles. The first-order valence-electron chi connectivity index (χ1n) is 6.63. The van der Waals surface area contributed by atoms with Crippen molar-refractivity contribution >= 4 is 17.4 Å². The topological polar surface area (TPSA) is 74.2 Å². The maximum absolute atomic E-state index is 5.88. The summed E-state index contributed by atoms with van der Waals surface area (Å²) in [6.07, 6.45) is 2.48. The van der Waals surface area contributed by atoms with E-state index in [1.165, 1.54) is 24.6 Å². The van der Waals surface area contributed by atoms with Gasteiger partial charge in [0.15, 0.2) is 0 Å². The Morgan fingerprint density at radius 3 is 2.80 bits per heavy atom. The zero-order chi connectivity index (χ0) is 14.1. The SMILES string of the molecule is Cc1nc(Sc2ccc(N)c(OCC3CC3)n2)oc1C. The van der Waals surface area contributed by atoms with Gasteiger partial charge in [0.25, 0.3) is 5.22 Å². The van der Waals surface area contributed by atoms with E-state index >= 15 is 0 Å². The summed E-state index contributed by atoms with van der Waals surface area (Å²) in [6.45, 7) is 4.51. The molecule has 0 aromatic carbocycles. The Hall–Kier alpha value is -1.69. The number of hydrogen-bond donors (Lipinski definition) is 1. The summed E-state index contributed by atoms with van der Waals surface area (Å²) >= 11 is 1.37. The van der Waals surface area contributed by atoms with Crippen molar-refractivity contribution in [3.63, 3.8) is 0 Å². The summed E-state index contributed by atoms with van der Waals surface area (Å²) in [5.74, 6) is 2.00. The van der Waals surface area contributed by atoms with E-state index in [0.717, 1.165) is 16.5 Å². The van der Waals surface area contributed by atoms with Crippen LogP contribution in [0.3, 0.4) is 0 Å². The number of nitrogens with zero attached hydrogens (tertiary/aromatic N) is 2. The molecule has 1 aliphatic carbocycles. The summed E-state index contributed by atoms with van der Waals surface area (Å²) in [6, 6.07) is 3.65. The third kappa shape index (κ3) is 3.07. The molecule has 0 bridgehead atoms. The molecule has 1 saturated carbocycles. The van der Waals surface area contributed by atoms with Gasteiger partial charge in [-0.15, -0.1) is 0 Å². The van der Waals surface area contributed by atoms with Crippen LogP contribution in [0.2, 0.25) is 0 Å². The molecule has 0 spiro atoms. The molecule has 20 heavy (non-hydrogen) atoms. The van der Waals surface area contributed by atoms with E-state index in [1.807, 2.05) is 19.9 Å². The van der Waals surface area contributed by atoms with Crippen LogP contribution in [-0.4, -0.2) is 16.6 Å². The van der Waals surface area contributed by atoms with E-state index in [4.69, 9.17) is 14.9 Å². The van der Waals surface area contributed by atoms with E-state index in [1.54, 1.807) is 6.07 Å². The highest BCUT2D eigenvalue weighted by molar-refractivity contribution is 7.99. The number of ether oxygens (including phenoxy) is 1. The number of anilines is 1. The van der Waals surface area contributed by atoms with Crippen LogP contribution >= 0.6 is 11.8 Å². The Kier molecular flexibility index (Phi) is 3.56. The van der Waals surface area contributed by atoms with Gasteiger partial charge in [-0.3, -0.25) is 0 Å². The van der Waals surface area contributed by atoms with Crippen LogP contribution in [0.5, 0.6) is 5.88 Å². The fraction of sp³-hybridized carbons (Fsp3) is 0.429. The fourth-order valence-corrected chi connectivity index (χ4v) is 2.46. The number of rotatable bonds is 5. The summed E-state index contributed by atoms with van der Waals surface area (Å²) in [5, 5.41) is 1.36. The first-order chi connectivity index (χ1) is 9.61. The Balaban J connectivity index is 1.73. The molecule has 0 atom stereocenters. The molecule has 5 nitrogen and oxygen atoms in total. The summed E-state index contributed by atoms with van der Waals surface area (Å²) in [5.41, 5.74) is 7.34. The second kappa shape index (κ2) is 5.36. The molecule has 0 radical (unpaired) electrons. The molecule has 6 heteroatoms. The zero-order valence-corrected chi connectivity index (χ0v) is 12.4. The molecule has 106 valence electrons. The second-order valence-corrected chi connectivity index (χ2v) is 5.99. The lowest BCUT2D eigenvalue weighted by Gasteiger charge is -2.08. The van der Waals surface area contributed by atoms with Crippen LogP contribution in [0.1, 0.15) is 24.3 Å². The Morgan fingerprint density at radius 2 is 2.15 bits per heavy atom.